The number of benzene rings is 1. The van der Waals surface area contributed by atoms with Crippen LogP contribution in [0.3, 0.4) is 0 Å². The molecule has 1 aliphatic heterocycles. The van der Waals surface area contributed by atoms with Crippen LogP contribution in [0.1, 0.15) is 47.3 Å². The second-order valence-corrected chi connectivity index (χ2v) is 6.39. The minimum Gasteiger partial charge on any atom is -0.396 e. The number of aliphatic hydroxyl groups excluding tert-OH is 1. The quantitative estimate of drug-likeness (QED) is 0.911. The summed E-state index contributed by atoms with van der Waals surface area (Å²) in [6.07, 6.45) is 5.41. The molecule has 0 saturated carbocycles. The second-order valence-electron chi connectivity index (χ2n) is 6.39. The van der Waals surface area contributed by atoms with Crippen LogP contribution in [0, 0.1) is 6.92 Å². The SMILES string of the molecule is Cc1ccccc1Cn1cc(C(=O)N2CCCC[C@H]2CCO)nn1. The molecule has 0 radical (unpaired) electrons. The predicted octanol–water partition coefficient (Wildman–Crippen LogP) is 2.01. The number of aliphatic hydroxyl groups is 1. The Kier molecular flexibility index (Phi) is 5.25. The summed E-state index contributed by atoms with van der Waals surface area (Å²) in [5, 5.41) is 17.4. The maximum atomic E-state index is 12.7. The van der Waals surface area contributed by atoms with Crippen LogP contribution in [0.2, 0.25) is 0 Å². The monoisotopic (exact) mass is 328 g/mol. The maximum Gasteiger partial charge on any atom is 0.276 e. The molecule has 2 aromatic rings. The molecule has 2 heterocycles. The molecule has 6 heteroatoms. The smallest absolute Gasteiger partial charge is 0.276 e. The van der Waals surface area contributed by atoms with Gasteiger partial charge in [-0.15, -0.1) is 5.10 Å². The Hall–Kier alpha value is -2.21. The number of rotatable bonds is 5. The average molecular weight is 328 g/mol. The molecule has 0 unspecified atom stereocenters. The second kappa shape index (κ2) is 7.57. The standard InChI is InChI=1S/C18H24N4O2/c1-14-6-2-3-7-15(14)12-21-13-17(19-20-21)18(24)22-10-5-4-8-16(22)9-11-23/h2-3,6-7,13,16,23H,4-5,8-12H2,1H3/t16-/m0/s1. The van der Waals surface area contributed by atoms with Crippen LogP contribution in [0.4, 0.5) is 0 Å². The molecular weight excluding hydrogens is 304 g/mol. The molecule has 6 nitrogen and oxygen atoms in total. The summed E-state index contributed by atoms with van der Waals surface area (Å²) in [5.74, 6) is -0.0795. The zero-order valence-corrected chi connectivity index (χ0v) is 14.1. The van der Waals surface area contributed by atoms with Crippen LogP contribution in [-0.4, -0.2) is 50.1 Å². The molecule has 1 N–H and O–H groups in total. The minimum absolute atomic E-state index is 0.0795. The van der Waals surface area contributed by atoms with Crippen LogP contribution < -0.4 is 0 Å². The topological polar surface area (TPSA) is 71.2 Å². The molecule has 1 saturated heterocycles. The number of aryl methyl sites for hydroxylation is 1. The molecule has 24 heavy (non-hydrogen) atoms. The summed E-state index contributed by atoms with van der Waals surface area (Å²) in [4.78, 5) is 14.6. The number of hydrogen-bond acceptors (Lipinski definition) is 4. The van der Waals surface area contributed by atoms with Crippen molar-refractivity contribution in [2.45, 2.75) is 45.2 Å². The molecule has 1 aliphatic rings. The number of piperidine rings is 1. The molecule has 128 valence electrons. The number of hydrogen-bond donors (Lipinski definition) is 1. The Balaban J connectivity index is 1.72. The molecular formula is C18H24N4O2. The lowest BCUT2D eigenvalue weighted by molar-refractivity contribution is 0.0568. The highest BCUT2D eigenvalue weighted by Crippen LogP contribution is 2.21. The van der Waals surface area contributed by atoms with E-state index in [2.05, 4.69) is 29.4 Å². The molecule has 1 fully saturated rings. The normalized spacial score (nSPS) is 17.9. The van der Waals surface area contributed by atoms with Crippen molar-refractivity contribution in [3.63, 3.8) is 0 Å². The molecule has 1 atom stereocenters. The summed E-state index contributed by atoms with van der Waals surface area (Å²) in [5.41, 5.74) is 2.74. The Morgan fingerprint density at radius 2 is 2.17 bits per heavy atom. The highest BCUT2D eigenvalue weighted by molar-refractivity contribution is 5.92. The van der Waals surface area contributed by atoms with Crippen LogP contribution in [0.5, 0.6) is 0 Å². The first-order valence-electron chi connectivity index (χ1n) is 8.55. The van der Waals surface area contributed by atoms with Crippen molar-refractivity contribution in [3.8, 4) is 0 Å². The van der Waals surface area contributed by atoms with Gasteiger partial charge in [-0.25, -0.2) is 4.68 Å². The summed E-state index contributed by atoms with van der Waals surface area (Å²) in [6.45, 7) is 3.50. The van der Waals surface area contributed by atoms with Gasteiger partial charge in [-0.05, 0) is 43.7 Å². The highest BCUT2D eigenvalue weighted by Gasteiger charge is 2.28. The van der Waals surface area contributed by atoms with Crippen LogP contribution in [-0.2, 0) is 6.54 Å². The average Bonchev–Trinajstić information content (AvgIpc) is 3.06. The van der Waals surface area contributed by atoms with Gasteiger partial charge in [-0.2, -0.15) is 0 Å². The zero-order chi connectivity index (χ0) is 16.9. The van der Waals surface area contributed by atoms with Gasteiger partial charge in [0.25, 0.3) is 5.91 Å². The third-order valence-electron chi connectivity index (χ3n) is 4.70. The van der Waals surface area contributed by atoms with Crippen LogP contribution in [0.25, 0.3) is 0 Å². The fraction of sp³-hybridized carbons (Fsp3) is 0.500. The number of carbonyl (C=O) groups excluding carboxylic acids is 1. The summed E-state index contributed by atoms with van der Waals surface area (Å²) in [6, 6.07) is 8.23. The Bertz CT molecular complexity index is 696. The van der Waals surface area contributed by atoms with Gasteiger partial charge in [0, 0.05) is 19.2 Å². The Morgan fingerprint density at radius 1 is 1.33 bits per heavy atom. The van der Waals surface area contributed by atoms with E-state index in [1.54, 1.807) is 10.9 Å². The van der Waals surface area contributed by atoms with Gasteiger partial charge in [-0.1, -0.05) is 29.5 Å². The number of nitrogens with zero attached hydrogens (tertiary/aromatic N) is 4. The molecule has 0 bridgehead atoms. The van der Waals surface area contributed by atoms with Crippen molar-refractivity contribution in [1.29, 1.82) is 0 Å². The molecule has 0 spiro atoms. The minimum atomic E-state index is -0.0795. The number of likely N-dealkylation sites (tertiary alicyclic amines) is 1. The lowest BCUT2D eigenvalue weighted by atomic mass is 9.99. The van der Waals surface area contributed by atoms with Crippen molar-refractivity contribution in [1.82, 2.24) is 19.9 Å². The van der Waals surface area contributed by atoms with E-state index < -0.39 is 0 Å². The van der Waals surface area contributed by atoms with Gasteiger partial charge >= 0.3 is 0 Å². The number of carbonyl (C=O) groups is 1. The molecule has 1 aromatic carbocycles. The first-order valence-corrected chi connectivity index (χ1v) is 8.55. The zero-order valence-electron chi connectivity index (χ0n) is 14.1. The van der Waals surface area contributed by atoms with Gasteiger partial charge < -0.3 is 10.0 Å². The van der Waals surface area contributed by atoms with Crippen molar-refractivity contribution >= 4 is 5.91 Å². The highest BCUT2D eigenvalue weighted by atomic mass is 16.3. The molecule has 3 rings (SSSR count). The first kappa shape index (κ1) is 16.6. The van der Waals surface area contributed by atoms with Crippen LogP contribution >= 0.6 is 0 Å². The Morgan fingerprint density at radius 3 is 2.96 bits per heavy atom. The lowest BCUT2D eigenvalue weighted by Gasteiger charge is -2.35. The van der Waals surface area contributed by atoms with Crippen molar-refractivity contribution < 1.29 is 9.90 Å². The van der Waals surface area contributed by atoms with E-state index in [-0.39, 0.29) is 18.6 Å². The lowest BCUT2D eigenvalue weighted by Crippen LogP contribution is -2.44. The van der Waals surface area contributed by atoms with Gasteiger partial charge in [0.1, 0.15) is 0 Å². The predicted molar refractivity (Wildman–Crippen MR) is 90.7 cm³/mol. The third-order valence-corrected chi connectivity index (χ3v) is 4.70. The van der Waals surface area contributed by atoms with Crippen molar-refractivity contribution in [2.75, 3.05) is 13.2 Å². The van der Waals surface area contributed by atoms with E-state index in [9.17, 15) is 9.90 Å². The van der Waals surface area contributed by atoms with E-state index in [0.29, 0.717) is 18.7 Å². The Labute approximate surface area is 142 Å². The summed E-state index contributed by atoms with van der Waals surface area (Å²) < 4.78 is 1.71. The van der Waals surface area contributed by atoms with Gasteiger partial charge in [0.05, 0.1) is 12.7 Å². The molecule has 1 amide bonds. The molecule has 0 aliphatic carbocycles. The first-order chi connectivity index (χ1) is 11.7. The fourth-order valence-corrected chi connectivity index (χ4v) is 3.30. The van der Waals surface area contributed by atoms with E-state index in [4.69, 9.17) is 0 Å². The van der Waals surface area contributed by atoms with Gasteiger partial charge in [0.2, 0.25) is 0 Å². The summed E-state index contributed by atoms with van der Waals surface area (Å²) in [7, 11) is 0. The third kappa shape index (κ3) is 3.64. The van der Waals surface area contributed by atoms with Crippen molar-refractivity contribution in [2.24, 2.45) is 0 Å². The van der Waals surface area contributed by atoms with Gasteiger partial charge in [0.15, 0.2) is 5.69 Å². The van der Waals surface area contributed by atoms with E-state index >= 15 is 0 Å². The largest absolute Gasteiger partial charge is 0.396 e. The van der Waals surface area contributed by atoms with Crippen LogP contribution in [0.15, 0.2) is 30.5 Å². The number of aromatic nitrogens is 3. The van der Waals surface area contributed by atoms with Gasteiger partial charge in [-0.3, -0.25) is 4.79 Å². The maximum absolute atomic E-state index is 12.7. The number of amides is 1. The summed E-state index contributed by atoms with van der Waals surface area (Å²) >= 11 is 0. The van der Waals surface area contributed by atoms with E-state index in [1.807, 2.05) is 17.0 Å². The molecule has 1 aromatic heterocycles. The fourth-order valence-electron chi connectivity index (χ4n) is 3.30. The van der Waals surface area contributed by atoms with Crippen molar-refractivity contribution in [3.05, 3.63) is 47.3 Å². The van der Waals surface area contributed by atoms with E-state index in [0.717, 1.165) is 31.4 Å². The van der Waals surface area contributed by atoms with E-state index in [1.165, 1.54) is 5.56 Å².